The van der Waals surface area contributed by atoms with Gasteiger partial charge in [0.05, 0.1) is 17.1 Å². The van der Waals surface area contributed by atoms with Crippen molar-refractivity contribution in [2.45, 2.75) is 26.7 Å². The number of nitrogens with zero attached hydrogens (tertiary/aromatic N) is 1. The van der Waals surface area contributed by atoms with Crippen molar-refractivity contribution in [1.29, 1.82) is 0 Å². The summed E-state index contributed by atoms with van der Waals surface area (Å²) in [6.07, 6.45) is 1.53. The van der Waals surface area contributed by atoms with Crippen LogP contribution >= 0.6 is 0 Å². The second-order valence-corrected chi connectivity index (χ2v) is 4.14. The number of para-hydroxylation sites is 1. The van der Waals surface area contributed by atoms with Gasteiger partial charge in [0.25, 0.3) is 5.91 Å². The van der Waals surface area contributed by atoms with Crippen molar-refractivity contribution >= 4 is 17.6 Å². The van der Waals surface area contributed by atoms with Crippen LogP contribution in [-0.2, 0) is 9.63 Å². The fraction of sp³-hybridized carbons (Fsp3) is 0.385. The van der Waals surface area contributed by atoms with Gasteiger partial charge in [-0.2, -0.15) is 5.48 Å². The van der Waals surface area contributed by atoms with Gasteiger partial charge in [0.15, 0.2) is 0 Å². The summed E-state index contributed by atoms with van der Waals surface area (Å²) in [6, 6.07) is 3.95. The summed E-state index contributed by atoms with van der Waals surface area (Å²) in [4.78, 5) is 37.3. The summed E-state index contributed by atoms with van der Waals surface area (Å²) in [5.74, 6) is -1.64. The fourth-order valence-electron chi connectivity index (χ4n) is 1.49. The van der Waals surface area contributed by atoms with Crippen LogP contribution in [0.25, 0.3) is 0 Å². The number of carbonyl (C=O) groups excluding carboxylic acids is 2. The molecule has 21 heavy (non-hydrogen) atoms. The summed E-state index contributed by atoms with van der Waals surface area (Å²) in [7, 11) is 0. The molecule has 0 aliphatic heterocycles. The third-order valence-corrected chi connectivity index (χ3v) is 2.47. The quantitative estimate of drug-likeness (QED) is 0.488. The van der Waals surface area contributed by atoms with Crippen LogP contribution < -0.4 is 10.2 Å². The predicted octanol–water partition coefficient (Wildman–Crippen LogP) is 1.98. The van der Waals surface area contributed by atoms with E-state index in [1.165, 1.54) is 18.2 Å². The highest BCUT2D eigenvalue weighted by atomic mass is 16.7. The van der Waals surface area contributed by atoms with Crippen molar-refractivity contribution in [1.82, 2.24) is 5.48 Å². The van der Waals surface area contributed by atoms with Gasteiger partial charge in [-0.15, -0.1) is 0 Å². The zero-order valence-corrected chi connectivity index (χ0v) is 11.8. The van der Waals surface area contributed by atoms with E-state index in [4.69, 9.17) is 4.74 Å². The molecule has 1 aromatic carbocycles. The second-order valence-electron chi connectivity index (χ2n) is 4.14. The van der Waals surface area contributed by atoms with Crippen LogP contribution in [0, 0.1) is 10.1 Å². The molecule has 8 heteroatoms. The first kappa shape index (κ1) is 16.4. The van der Waals surface area contributed by atoms with Crippen molar-refractivity contribution in [2.24, 2.45) is 0 Å². The third kappa shape index (κ3) is 4.75. The van der Waals surface area contributed by atoms with Crippen molar-refractivity contribution < 1.29 is 24.1 Å². The normalized spacial score (nSPS) is 9.81. The van der Waals surface area contributed by atoms with Crippen LogP contribution in [0.2, 0.25) is 0 Å². The maximum Gasteiger partial charge on any atom is 0.329 e. The molecule has 1 amide bonds. The molecule has 0 unspecified atom stereocenters. The number of ether oxygens (including phenoxy) is 1. The van der Waals surface area contributed by atoms with Crippen LogP contribution in [0.5, 0.6) is 5.75 Å². The number of hydroxylamine groups is 1. The van der Waals surface area contributed by atoms with E-state index in [-0.39, 0.29) is 23.6 Å². The maximum absolute atomic E-state index is 11.9. The lowest BCUT2D eigenvalue weighted by Gasteiger charge is -2.11. The highest BCUT2D eigenvalue weighted by molar-refractivity contribution is 5.98. The average Bonchev–Trinajstić information content (AvgIpc) is 2.44. The molecule has 0 saturated carbocycles. The van der Waals surface area contributed by atoms with Crippen molar-refractivity contribution in [2.75, 3.05) is 6.61 Å². The highest BCUT2D eigenvalue weighted by Crippen LogP contribution is 2.31. The monoisotopic (exact) mass is 296 g/mol. The first-order valence-corrected chi connectivity index (χ1v) is 6.35. The minimum absolute atomic E-state index is 0.0680. The zero-order chi connectivity index (χ0) is 15.8. The molecule has 0 radical (unpaired) electrons. The molecule has 0 spiro atoms. The number of nitro benzene ring substituents is 1. The van der Waals surface area contributed by atoms with Gasteiger partial charge in [-0.3, -0.25) is 19.7 Å². The van der Waals surface area contributed by atoms with Gasteiger partial charge in [-0.05, 0) is 12.5 Å². The number of carbonyl (C=O) groups is 2. The summed E-state index contributed by atoms with van der Waals surface area (Å²) >= 11 is 0. The zero-order valence-electron chi connectivity index (χ0n) is 11.8. The van der Waals surface area contributed by atoms with Gasteiger partial charge in [-0.25, -0.2) is 0 Å². The first-order valence-electron chi connectivity index (χ1n) is 6.35. The van der Waals surface area contributed by atoms with Crippen molar-refractivity contribution in [3.05, 3.63) is 33.9 Å². The molecule has 0 heterocycles. The lowest BCUT2D eigenvalue weighted by molar-refractivity contribution is -0.385. The first-order chi connectivity index (χ1) is 9.97. The van der Waals surface area contributed by atoms with E-state index < -0.39 is 16.8 Å². The van der Waals surface area contributed by atoms with Crippen LogP contribution in [0.4, 0.5) is 5.69 Å². The van der Waals surface area contributed by atoms with E-state index in [9.17, 15) is 19.7 Å². The molecule has 0 aliphatic rings. The third-order valence-electron chi connectivity index (χ3n) is 2.47. The summed E-state index contributed by atoms with van der Waals surface area (Å²) in [5, 5.41) is 11.0. The van der Waals surface area contributed by atoms with Crippen LogP contribution in [0.15, 0.2) is 18.2 Å². The summed E-state index contributed by atoms with van der Waals surface area (Å²) in [6.45, 7) is 3.30. The number of unbranched alkanes of at least 4 members (excludes halogenated alkanes) is 1. The Kier molecular flexibility index (Phi) is 6.12. The van der Waals surface area contributed by atoms with Crippen molar-refractivity contribution in [3.8, 4) is 5.75 Å². The molecule has 114 valence electrons. The molecule has 0 fully saturated rings. The summed E-state index contributed by atoms with van der Waals surface area (Å²) in [5.41, 5.74) is 1.52. The number of nitrogens with one attached hydrogen (secondary N) is 1. The number of amides is 1. The van der Waals surface area contributed by atoms with E-state index >= 15 is 0 Å². The number of benzene rings is 1. The minimum Gasteiger partial charge on any atom is -0.486 e. The van der Waals surface area contributed by atoms with E-state index in [0.717, 1.165) is 13.3 Å². The Morgan fingerprint density at radius 1 is 1.38 bits per heavy atom. The van der Waals surface area contributed by atoms with Gasteiger partial charge >= 0.3 is 11.7 Å². The Bertz CT molecular complexity index is 543. The SMILES string of the molecule is CCCCOc1c(C(=O)NOC(C)=O)cccc1[N+](=O)[O-]. The van der Waals surface area contributed by atoms with Gasteiger partial charge in [-0.1, -0.05) is 19.4 Å². The Hall–Kier alpha value is -2.64. The number of nitro groups is 1. The number of hydrogen-bond donors (Lipinski definition) is 1. The lowest BCUT2D eigenvalue weighted by atomic mass is 10.1. The Morgan fingerprint density at radius 2 is 2.10 bits per heavy atom. The molecule has 8 nitrogen and oxygen atoms in total. The molecule has 0 saturated heterocycles. The Balaban J connectivity index is 3.05. The standard InChI is InChI=1S/C13H16N2O6/c1-3-4-8-20-12-10(13(17)14-21-9(2)16)6-5-7-11(12)15(18)19/h5-7H,3-4,8H2,1-2H3,(H,14,17). The molecular formula is C13H16N2O6. The molecular weight excluding hydrogens is 280 g/mol. The van der Waals surface area contributed by atoms with Crippen LogP contribution in [0.1, 0.15) is 37.0 Å². The Labute approximate surface area is 121 Å². The van der Waals surface area contributed by atoms with Crippen LogP contribution in [-0.4, -0.2) is 23.4 Å². The molecule has 0 bridgehead atoms. The number of rotatable bonds is 6. The van der Waals surface area contributed by atoms with E-state index in [1.54, 1.807) is 0 Å². The minimum atomic E-state index is -0.791. The molecule has 1 N–H and O–H groups in total. The predicted molar refractivity (Wildman–Crippen MR) is 72.7 cm³/mol. The van der Waals surface area contributed by atoms with E-state index in [1.807, 2.05) is 12.4 Å². The van der Waals surface area contributed by atoms with Crippen molar-refractivity contribution in [3.63, 3.8) is 0 Å². The van der Waals surface area contributed by atoms with E-state index in [2.05, 4.69) is 4.84 Å². The smallest absolute Gasteiger partial charge is 0.329 e. The maximum atomic E-state index is 11.9. The average molecular weight is 296 g/mol. The molecule has 1 aromatic rings. The highest BCUT2D eigenvalue weighted by Gasteiger charge is 2.23. The largest absolute Gasteiger partial charge is 0.486 e. The molecule has 0 aliphatic carbocycles. The fourth-order valence-corrected chi connectivity index (χ4v) is 1.49. The van der Waals surface area contributed by atoms with Crippen LogP contribution in [0.3, 0.4) is 0 Å². The molecule has 1 rings (SSSR count). The van der Waals surface area contributed by atoms with Gasteiger partial charge in [0.1, 0.15) is 0 Å². The molecule has 0 aromatic heterocycles. The van der Waals surface area contributed by atoms with Gasteiger partial charge in [0.2, 0.25) is 5.75 Å². The Morgan fingerprint density at radius 3 is 2.67 bits per heavy atom. The van der Waals surface area contributed by atoms with Gasteiger partial charge < -0.3 is 9.57 Å². The van der Waals surface area contributed by atoms with Gasteiger partial charge in [0, 0.05) is 13.0 Å². The topological polar surface area (TPSA) is 108 Å². The number of hydrogen-bond acceptors (Lipinski definition) is 6. The second kappa shape index (κ2) is 7.83. The summed E-state index contributed by atoms with van der Waals surface area (Å²) < 4.78 is 5.35. The molecule has 0 atom stereocenters. The lowest BCUT2D eigenvalue weighted by Crippen LogP contribution is -2.26. The van der Waals surface area contributed by atoms with E-state index in [0.29, 0.717) is 6.42 Å².